The summed E-state index contributed by atoms with van der Waals surface area (Å²) in [6.45, 7) is 0. The summed E-state index contributed by atoms with van der Waals surface area (Å²) >= 11 is 0. The molecule has 1 fully saturated rings. The molecule has 3 aromatic heterocycles. The van der Waals surface area contributed by atoms with Crippen molar-refractivity contribution in [1.29, 1.82) is 0 Å². The maximum absolute atomic E-state index is 11.9. The molecule has 0 aliphatic heterocycles. The standard InChI is InChI=1S/C21H19N5O/c22-20(27)19-15-9-10-21(17-5-1-3-11-23-17,18-6-2-4-12-24-18)13-16(15)26(25-19)14-7-8-14/h1-6,9-12,14H,7-8,13H2,(H2,22,27). The number of hydrogen-bond acceptors (Lipinski definition) is 4. The molecule has 0 radical (unpaired) electrons. The predicted molar refractivity (Wildman–Crippen MR) is 101 cm³/mol. The molecule has 6 heteroatoms. The highest BCUT2D eigenvalue weighted by Gasteiger charge is 2.42. The highest BCUT2D eigenvalue weighted by Crippen LogP contribution is 2.44. The van der Waals surface area contributed by atoms with E-state index in [1.165, 1.54) is 0 Å². The molecule has 0 unspecified atom stereocenters. The first-order chi connectivity index (χ1) is 13.2. The third-order valence-corrected chi connectivity index (χ3v) is 5.40. The maximum atomic E-state index is 11.9. The zero-order valence-corrected chi connectivity index (χ0v) is 14.7. The van der Waals surface area contributed by atoms with Gasteiger partial charge in [0.1, 0.15) is 0 Å². The quantitative estimate of drug-likeness (QED) is 0.778. The third kappa shape index (κ3) is 2.48. The Hall–Kier alpha value is -3.28. The summed E-state index contributed by atoms with van der Waals surface area (Å²) in [4.78, 5) is 21.2. The number of fused-ring (bicyclic) bond motifs is 1. The zero-order valence-electron chi connectivity index (χ0n) is 14.7. The van der Waals surface area contributed by atoms with Crippen molar-refractivity contribution >= 4 is 12.0 Å². The molecule has 2 aliphatic carbocycles. The van der Waals surface area contributed by atoms with Crippen LogP contribution in [0.2, 0.25) is 0 Å². The average Bonchev–Trinajstić information content (AvgIpc) is 3.49. The van der Waals surface area contributed by atoms with Gasteiger partial charge in [-0.05, 0) is 37.1 Å². The van der Waals surface area contributed by atoms with Crippen LogP contribution >= 0.6 is 0 Å². The summed E-state index contributed by atoms with van der Waals surface area (Å²) in [7, 11) is 0. The molecule has 0 atom stereocenters. The highest BCUT2D eigenvalue weighted by atomic mass is 16.1. The van der Waals surface area contributed by atoms with E-state index in [0.717, 1.165) is 35.5 Å². The fourth-order valence-corrected chi connectivity index (χ4v) is 3.92. The van der Waals surface area contributed by atoms with E-state index in [1.807, 2.05) is 47.2 Å². The van der Waals surface area contributed by atoms with Crippen LogP contribution in [0.25, 0.3) is 6.08 Å². The molecule has 1 saturated carbocycles. The van der Waals surface area contributed by atoms with Gasteiger partial charge in [0.25, 0.3) is 5.91 Å². The molecule has 6 nitrogen and oxygen atoms in total. The fraction of sp³-hybridized carbons (Fsp3) is 0.238. The number of nitrogens with zero attached hydrogens (tertiary/aromatic N) is 4. The lowest BCUT2D eigenvalue weighted by Gasteiger charge is -2.33. The van der Waals surface area contributed by atoms with E-state index in [9.17, 15) is 4.79 Å². The van der Waals surface area contributed by atoms with Gasteiger partial charge in [-0.25, -0.2) is 0 Å². The van der Waals surface area contributed by atoms with Gasteiger partial charge in [-0.3, -0.25) is 19.4 Å². The maximum Gasteiger partial charge on any atom is 0.269 e. The number of pyridine rings is 2. The number of amides is 1. The molecule has 0 bridgehead atoms. The number of aromatic nitrogens is 4. The van der Waals surface area contributed by atoms with Crippen LogP contribution in [0, 0.1) is 0 Å². The topological polar surface area (TPSA) is 86.7 Å². The zero-order chi connectivity index (χ0) is 18.4. The van der Waals surface area contributed by atoms with E-state index in [1.54, 1.807) is 12.4 Å². The Morgan fingerprint density at radius 1 is 1.07 bits per heavy atom. The summed E-state index contributed by atoms with van der Waals surface area (Å²) in [6.07, 6.45) is 10.5. The van der Waals surface area contributed by atoms with Crippen molar-refractivity contribution in [3.8, 4) is 0 Å². The van der Waals surface area contributed by atoms with Crippen LogP contribution in [0.1, 0.15) is 52.0 Å². The number of allylic oxidation sites excluding steroid dienone is 1. The van der Waals surface area contributed by atoms with Crippen LogP contribution in [0.3, 0.4) is 0 Å². The Kier molecular flexibility index (Phi) is 3.47. The first kappa shape index (κ1) is 15.9. The normalized spacial score (nSPS) is 17.5. The van der Waals surface area contributed by atoms with Crippen LogP contribution in [-0.2, 0) is 11.8 Å². The molecule has 2 N–H and O–H groups in total. The van der Waals surface area contributed by atoms with E-state index in [2.05, 4.69) is 21.1 Å². The van der Waals surface area contributed by atoms with Gasteiger partial charge in [0.15, 0.2) is 5.69 Å². The molecule has 5 rings (SSSR count). The molecule has 134 valence electrons. The van der Waals surface area contributed by atoms with E-state index in [4.69, 9.17) is 5.73 Å². The van der Waals surface area contributed by atoms with Crippen molar-refractivity contribution in [2.45, 2.75) is 30.7 Å². The number of rotatable bonds is 4. The third-order valence-electron chi connectivity index (χ3n) is 5.40. The molecule has 2 aliphatic rings. The summed E-state index contributed by atoms with van der Waals surface area (Å²) in [6, 6.07) is 12.2. The molecule has 0 aromatic carbocycles. The van der Waals surface area contributed by atoms with Gasteiger partial charge < -0.3 is 5.73 Å². The van der Waals surface area contributed by atoms with Crippen molar-refractivity contribution in [1.82, 2.24) is 19.7 Å². The average molecular weight is 357 g/mol. The predicted octanol–water partition coefficient (Wildman–Crippen LogP) is 2.66. The summed E-state index contributed by atoms with van der Waals surface area (Å²) in [5.41, 5.74) is 9.15. The Morgan fingerprint density at radius 2 is 1.74 bits per heavy atom. The first-order valence-electron chi connectivity index (χ1n) is 9.12. The monoisotopic (exact) mass is 357 g/mol. The summed E-state index contributed by atoms with van der Waals surface area (Å²) < 4.78 is 2.00. The van der Waals surface area contributed by atoms with Crippen molar-refractivity contribution in [2.24, 2.45) is 5.73 Å². The highest BCUT2D eigenvalue weighted by molar-refractivity contribution is 5.95. The van der Waals surface area contributed by atoms with Crippen LogP contribution in [0.5, 0.6) is 0 Å². The smallest absolute Gasteiger partial charge is 0.269 e. The second-order valence-electron chi connectivity index (χ2n) is 7.16. The van der Waals surface area contributed by atoms with Crippen molar-refractivity contribution in [3.05, 3.63) is 83.2 Å². The lowest BCUT2D eigenvalue weighted by Crippen LogP contribution is -2.33. The number of primary amides is 1. The molecule has 0 spiro atoms. The lowest BCUT2D eigenvalue weighted by molar-refractivity contribution is 0.0994. The van der Waals surface area contributed by atoms with Crippen molar-refractivity contribution in [2.75, 3.05) is 0 Å². The minimum atomic E-state index is -0.503. The number of nitrogens with two attached hydrogens (primary N) is 1. The van der Waals surface area contributed by atoms with Crippen molar-refractivity contribution in [3.63, 3.8) is 0 Å². The minimum absolute atomic E-state index is 0.350. The molecular formula is C21H19N5O. The van der Waals surface area contributed by atoms with Gasteiger partial charge in [0, 0.05) is 30.1 Å². The van der Waals surface area contributed by atoms with Gasteiger partial charge in [0.2, 0.25) is 0 Å². The lowest BCUT2D eigenvalue weighted by atomic mass is 9.72. The SMILES string of the molecule is NC(=O)c1nn(C2CC2)c2c1C=CC(c1ccccn1)(c1ccccn1)C2. The number of hydrogen-bond donors (Lipinski definition) is 1. The number of carbonyl (C=O) groups excluding carboxylic acids is 1. The van der Waals surface area contributed by atoms with E-state index in [-0.39, 0.29) is 0 Å². The molecule has 3 aromatic rings. The molecule has 27 heavy (non-hydrogen) atoms. The van der Waals surface area contributed by atoms with Crippen LogP contribution < -0.4 is 5.73 Å². The van der Waals surface area contributed by atoms with Crippen molar-refractivity contribution < 1.29 is 4.79 Å². The van der Waals surface area contributed by atoms with E-state index >= 15 is 0 Å². The van der Waals surface area contributed by atoms with Gasteiger partial charge >= 0.3 is 0 Å². The second-order valence-corrected chi connectivity index (χ2v) is 7.16. The minimum Gasteiger partial charge on any atom is -0.364 e. The molecule has 0 saturated heterocycles. The molecular weight excluding hydrogens is 338 g/mol. The van der Waals surface area contributed by atoms with E-state index in [0.29, 0.717) is 18.2 Å². The van der Waals surface area contributed by atoms with Gasteiger partial charge in [-0.2, -0.15) is 5.10 Å². The Morgan fingerprint density at radius 3 is 2.26 bits per heavy atom. The van der Waals surface area contributed by atoms with Gasteiger partial charge in [0.05, 0.1) is 22.8 Å². The fourth-order valence-electron chi connectivity index (χ4n) is 3.92. The second kappa shape index (κ2) is 5.87. The van der Waals surface area contributed by atoms with Crippen LogP contribution in [0.15, 0.2) is 54.9 Å². The van der Waals surface area contributed by atoms with Gasteiger partial charge in [-0.15, -0.1) is 0 Å². The van der Waals surface area contributed by atoms with Gasteiger partial charge in [-0.1, -0.05) is 24.3 Å². The summed E-state index contributed by atoms with van der Waals surface area (Å²) in [5.74, 6) is -0.488. The largest absolute Gasteiger partial charge is 0.364 e. The van der Waals surface area contributed by atoms with Crippen LogP contribution in [0.4, 0.5) is 0 Å². The number of carbonyl (C=O) groups is 1. The first-order valence-corrected chi connectivity index (χ1v) is 9.12. The Labute approximate surface area is 156 Å². The Balaban J connectivity index is 1.73. The summed E-state index contributed by atoms with van der Waals surface area (Å²) in [5, 5.41) is 4.56. The Bertz CT molecular complexity index is 996. The molecule has 3 heterocycles. The molecule has 1 amide bonds. The van der Waals surface area contributed by atoms with Crippen LogP contribution in [-0.4, -0.2) is 25.7 Å². The van der Waals surface area contributed by atoms with E-state index < -0.39 is 11.3 Å².